The molecule has 1 aromatic rings. The van der Waals surface area contributed by atoms with Crippen LogP contribution in [0.2, 0.25) is 5.02 Å². The molecule has 1 aliphatic heterocycles. The summed E-state index contributed by atoms with van der Waals surface area (Å²) in [5.41, 5.74) is 5.98. The Morgan fingerprint density at radius 3 is 2.58 bits per heavy atom. The van der Waals surface area contributed by atoms with E-state index in [1.807, 2.05) is 19.9 Å². The maximum Gasteiger partial charge on any atom is 0.227 e. The van der Waals surface area contributed by atoms with Gasteiger partial charge in [0.25, 0.3) is 0 Å². The number of hydrogen-bond donors (Lipinski definition) is 1. The van der Waals surface area contributed by atoms with Gasteiger partial charge in [0, 0.05) is 28.9 Å². The number of Topliss-reactive ketones (excluding diaryl/α,β-unsaturated/α-hetero) is 1. The molecule has 0 bridgehead atoms. The van der Waals surface area contributed by atoms with Gasteiger partial charge < -0.3 is 10.6 Å². The van der Waals surface area contributed by atoms with E-state index >= 15 is 0 Å². The zero-order valence-corrected chi connectivity index (χ0v) is 14.5. The number of rotatable bonds is 2. The lowest BCUT2D eigenvalue weighted by molar-refractivity contribution is -0.143. The maximum absolute atomic E-state index is 13.4. The van der Waals surface area contributed by atoms with E-state index in [0.717, 1.165) is 0 Å². The van der Waals surface area contributed by atoms with E-state index in [9.17, 15) is 14.0 Å². The molecule has 2 N–H and O–H groups in total. The number of carbonyl (C=O) groups excluding carboxylic acids is 2. The standard InChI is InChI=1S/C18H20ClFN2O2/c1-17(2)8-18(7-14(21)16(17)24)9-22(10-18)15(23)5-11-3-12(19)6-13(20)4-11/h3-4,6-7H,5,8-10,21H2,1-2H3. The summed E-state index contributed by atoms with van der Waals surface area (Å²) >= 11 is 5.82. The van der Waals surface area contributed by atoms with Gasteiger partial charge in [0.2, 0.25) is 5.91 Å². The van der Waals surface area contributed by atoms with E-state index in [0.29, 0.717) is 25.1 Å². The number of halogens is 2. The first-order valence-corrected chi connectivity index (χ1v) is 8.24. The number of hydrogen-bond acceptors (Lipinski definition) is 3. The number of amides is 1. The summed E-state index contributed by atoms with van der Waals surface area (Å²) in [6.07, 6.45) is 2.59. The van der Waals surface area contributed by atoms with Crippen LogP contribution >= 0.6 is 11.6 Å². The summed E-state index contributed by atoms with van der Waals surface area (Å²) in [5.74, 6) is -0.565. The molecule has 3 rings (SSSR count). The van der Waals surface area contributed by atoms with E-state index < -0.39 is 11.2 Å². The molecule has 2 aliphatic rings. The molecule has 1 saturated heterocycles. The lowest BCUT2D eigenvalue weighted by Gasteiger charge is -2.53. The molecular formula is C18H20ClFN2O2. The highest BCUT2D eigenvalue weighted by Crippen LogP contribution is 2.47. The van der Waals surface area contributed by atoms with Crippen LogP contribution < -0.4 is 5.73 Å². The molecule has 1 aliphatic carbocycles. The van der Waals surface area contributed by atoms with Gasteiger partial charge in [0.05, 0.1) is 12.1 Å². The minimum absolute atomic E-state index is 0.0349. The average molecular weight is 351 g/mol. The fourth-order valence-electron chi connectivity index (χ4n) is 3.89. The zero-order valence-electron chi connectivity index (χ0n) is 13.7. The van der Waals surface area contributed by atoms with Crippen LogP contribution in [-0.2, 0) is 16.0 Å². The van der Waals surface area contributed by atoms with Gasteiger partial charge >= 0.3 is 0 Å². The Labute approximate surface area is 145 Å². The van der Waals surface area contributed by atoms with Crippen LogP contribution in [0.5, 0.6) is 0 Å². The molecule has 0 aromatic heterocycles. The van der Waals surface area contributed by atoms with Crippen molar-refractivity contribution in [3.63, 3.8) is 0 Å². The third-order valence-corrected chi connectivity index (χ3v) is 4.99. The molecule has 0 saturated carbocycles. The summed E-state index contributed by atoms with van der Waals surface area (Å²) in [6.45, 7) is 4.84. The van der Waals surface area contributed by atoms with Crippen LogP contribution in [0.1, 0.15) is 25.8 Å². The molecule has 1 aromatic carbocycles. The number of allylic oxidation sites excluding steroid dienone is 1. The van der Waals surface area contributed by atoms with Crippen molar-refractivity contribution < 1.29 is 14.0 Å². The SMILES string of the molecule is CC1(C)CC2(C=C(N)C1=O)CN(C(=O)Cc1cc(F)cc(Cl)c1)C2. The molecule has 4 nitrogen and oxygen atoms in total. The number of carbonyl (C=O) groups is 2. The molecule has 128 valence electrons. The predicted octanol–water partition coefficient (Wildman–Crippen LogP) is 2.69. The van der Waals surface area contributed by atoms with E-state index in [4.69, 9.17) is 17.3 Å². The fourth-order valence-corrected chi connectivity index (χ4v) is 4.13. The van der Waals surface area contributed by atoms with Crippen molar-refractivity contribution in [3.05, 3.63) is 46.4 Å². The maximum atomic E-state index is 13.4. The van der Waals surface area contributed by atoms with Crippen molar-refractivity contribution in [1.29, 1.82) is 0 Å². The first-order valence-electron chi connectivity index (χ1n) is 7.86. The molecule has 6 heteroatoms. The molecule has 1 amide bonds. The lowest BCUT2D eigenvalue weighted by atomic mass is 9.62. The Bertz CT molecular complexity index is 731. The van der Waals surface area contributed by atoms with Crippen LogP contribution in [0.25, 0.3) is 0 Å². The molecule has 1 fully saturated rings. The van der Waals surface area contributed by atoms with E-state index in [2.05, 4.69) is 0 Å². The minimum Gasteiger partial charge on any atom is -0.396 e. The largest absolute Gasteiger partial charge is 0.396 e. The molecule has 24 heavy (non-hydrogen) atoms. The smallest absolute Gasteiger partial charge is 0.227 e. The fraction of sp³-hybridized carbons (Fsp3) is 0.444. The third-order valence-electron chi connectivity index (χ3n) is 4.77. The topological polar surface area (TPSA) is 63.4 Å². The van der Waals surface area contributed by atoms with Crippen LogP contribution in [0.3, 0.4) is 0 Å². The number of likely N-dealkylation sites (tertiary alicyclic amines) is 1. The zero-order chi connectivity index (χ0) is 17.7. The second-order valence-electron chi connectivity index (χ2n) is 7.56. The quantitative estimate of drug-likeness (QED) is 0.892. The third kappa shape index (κ3) is 3.05. The Balaban J connectivity index is 1.68. The predicted molar refractivity (Wildman–Crippen MR) is 89.8 cm³/mol. The van der Waals surface area contributed by atoms with Gasteiger partial charge in [-0.1, -0.05) is 25.4 Å². The van der Waals surface area contributed by atoms with Gasteiger partial charge in [-0.25, -0.2) is 4.39 Å². The van der Waals surface area contributed by atoms with Crippen molar-refractivity contribution in [3.8, 4) is 0 Å². The number of ketones is 1. The summed E-state index contributed by atoms with van der Waals surface area (Å²) in [6, 6.07) is 4.13. The lowest BCUT2D eigenvalue weighted by Crippen LogP contribution is -2.61. The van der Waals surface area contributed by atoms with Crippen molar-refractivity contribution in [2.75, 3.05) is 13.1 Å². The number of benzene rings is 1. The highest BCUT2D eigenvalue weighted by molar-refractivity contribution is 6.30. The van der Waals surface area contributed by atoms with E-state index in [1.54, 1.807) is 11.0 Å². The van der Waals surface area contributed by atoms with Gasteiger partial charge in [0.1, 0.15) is 5.82 Å². The van der Waals surface area contributed by atoms with Gasteiger partial charge in [-0.05, 0) is 36.3 Å². The van der Waals surface area contributed by atoms with Crippen LogP contribution in [0.4, 0.5) is 4.39 Å². The van der Waals surface area contributed by atoms with Gasteiger partial charge in [-0.15, -0.1) is 0 Å². The molecular weight excluding hydrogens is 331 g/mol. The summed E-state index contributed by atoms with van der Waals surface area (Å²) in [5, 5.41) is 0.279. The first kappa shape index (κ1) is 17.0. The van der Waals surface area contributed by atoms with Crippen molar-refractivity contribution >= 4 is 23.3 Å². The van der Waals surface area contributed by atoms with Crippen molar-refractivity contribution in [2.45, 2.75) is 26.7 Å². The Kier molecular flexibility index (Phi) is 3.95. The second-order valence-corrected chi connectivity index (χ2v) is 7.99. The molecule has 1 heterocycles. The first-order chi connectivity index (χ1) is 11.1. The molecule has 0 radical (unpaired) electrons. The molecule has 1 spiro atoms. The van der Waals surface area contributed by atoms with Gasteiger partial charge in [-0.3, -0.25) is 9.59 Å². The van der Waals surface area contributed by atoms with E-state index in [1.165, 1.54) is 12.1 Å². The summed E-state index contributed by atoms with van der Waals surface area (Å²) in [4.78, 5) is 26.2. The molecule has 0 unspecified atom stereocenters. The second kappa shape index (κ2) is 5.59. The van der Waals surface area contributed by atoms with Gasteiger partial charge in [0.15, 0.2) is 5.78 Å². The average Bonchev–Trinajstić information content (AvgIpc) is 2.40. The molecule has 0 atom stereocenters. The minimum atomic E-state index is -0.510. The van der Waals surface area contributed by atoms with Crippen LogP contribution in [0, 0.1) is 16.6 Å². The Morgan fingerprint density at radius 1 is 1.33 bits per heavy atom. The Hall–Kier alpha value is -1.88. The van der Waals surface area contributed by atoms with Crippen LogP contribution in [-0.4, -0.2) is 29.7 Å². The number of nitrogens with two attached hydrogens (primary N) is 1. The van der Waals surface area contributed by atoms with Crippen LogP contribution in [0.15, 0.2) is 30.0 Å². The van der Waals surface area contributed by atoms with Crippen molar-refractivity contribution in [2.24, 2.45) is 16.6 Å². The van der Waals surface area contributed by atoms with Crippen molar-refractivity contribution in [1.82, 2.24) is 4.90 Å². The summed E-state index contributed by atoms with van der Waals surface area (Å²) < 4.78 is 13.4. The normalized spacial score (nSPS) is 21.4. The highest BCUT2D eigenvalue weighted by atomic mass is 35.5. The van der Waals surface area contributed by atoms with E-state index in [-0.39, 0.29) is 34.2 Å². The number of nitrogens with zero attached hydrogens (tertiary/aromatic N) is 1. The highest BCUT2D eigenvalue weighted by Gasteiger charge is 2.51. The Morgan fingerprint density at radius 2 is 2.00 bits per heavy atom. The van der Waals surface area contributed by atoms with Gasteiger partial charge in [-0.2, -0.15) is 0 Å². The monoisotopic (exact) mass is 350 g/mol. The summed E-state index contributed by atoms with van der Waals surface area (Å²) in [7, 11) is 0.